The molecule has 0 saturated carbocycles. The zero-order valence-electron chi connectivity index (χ0n) is 19.5. The Bertz CT molecular complexity index is 1110. The number of piperidine rings is 1. The molecule has 2 aromatic rings. The highest BCUT2D eigenvalue weighted by atomic mass is 35.5. The first-order chi connectivity index (χ1) is 17.0. The highest BCUT2D eigenvalue weighted by molar-refractivity contribution is 6.31. The van der Waals surface area contributed by atoms with Gasteiger partial charge in [-0.15, -0.1) is 0 Å². The number of rotatable bonds is 5. The summed E-state index contributed by atoms with van der Waals surface area (Å²) in [7, 11) is 0. The summed E-state index contributed by atoms with van der Waals surface area (Å²) < 4.78 is 5.41. The number of amides is 4. The fourth-order valence-electron chi connectivity index (χ4n) is 5.40. The third kappa shape index (κ3) is 4.73. The number of halogens is 1. The summed E-state index contributed by atoms with van der Waals surface area (Å²) in [6.07, 6.45) is 1.53. The van der Waals surface area contributed by atoms with Crippen molar-refractivity contribution in [2.24, 2.45) is 5.92 Å². The molecule has 184 valence electrons. The Morgan fingerprint density at radius 3 is 2.31 bits per heavy atom. The molecule has 0 radical (unpaired) electrons. The Kier molecular flexibility index (Phi) is 6.67. The number of morpholine rings is 1. The summed E-state index contributed by atoms with van der Waals surface area (Å²) in [5.74, 6) is -0.457. The SMILES string of the molecule is O=C1NC(=O)C(Cc2ccccc2Cl)(C2CCN(C(=O)c3ccc(N4CCOCC4)cc3)CC2)N1. The third-order valence-corrected chi connectivity index (χ3v) is 7.73. The lowest BCUT2D eigenvalue weighted by atomic mass is 9.74. The molecule has 3 fully saturated rings. The highest BCUT2D eigenvalue weighted by Crippen LogP contribution is 2.35. The molecular weight excluding hydrogens is 468 g/mol. The Balaban J connectivity index is 1.26. The lowest BCUT2D eigenvalue weighted by Gasteiger charge is -2.41. The zero-order valence-corrected chi connectivity index (χ0v) is 20.2. The average Bonchev–Trinajstić information content (AvgIpc) is 3.19. The van der Waals surface area contributed by atoms with E-state index in [2.05, 4.69) is 15.5 Å². The topological polar surface area (TPSA) is 91.0 Å². The van der Waals surface area contributed by atoms with Gasteiger partial charge in [-0.2, -0.15) is 0 Å². The van der Waals surface area contributed by atoms with Crippen LogP contribution in [-0.2, 0) is 16.0 Å². The van der Waals surface area contributed by atoms with Gasteiger partial charge in [0.05, 0.1) is 13.2 Å². The molecule has 0 aliphatic carbocycles. The van der Waals surface area contributed by atoms with E-state index in [0.29, 0.717) is 56.2 Å². The van der Waals surface area contributed by atoms with Gasteiger partial charge >= 0.3 is 6.03 Å². The molecule has 2 aromatic carbocycles. The Morgan fingerprint density at radius 2 is 1.69 bits per heavy atom. The summed E-state index contributed by atoms with van der Waals surface area (Å²) in [5, 5.41) is 5.88. The van der Waals surface area contributed by atoms with Gasteiger partial charge in [-0.25, -0.2) is 4.79 Å². The largest absolute Gasteiger partial charge is 0.378 e. The van der Waals surface area contributed by atoms with E-state index in [1.54, 1.807) is 6.07 Å². The van der Waals surface area contributed by atoms with E-state index in [1.165, 1.54) is 0 Å². The van der Waals surface area contributed by atoms with Gasteiger partial charge in [-0.1, -0.05) is 29.8 Å². The summed E-state index contributed by atoms with van der Waals surface area (Å²) in [5.41, 5.74) is 1.48. The Morgan fingerprint density at radius 1 is 1.00 bits per heavy atom. The van der Waals surface area contributed by atoms with Crippen LogP contribution < -0.4 is 15.5 Å². The normalized spacial score (nSPS) is 23.2. The molecule has 1 atom stereocenters. The smallest absolute Gasteiger partial charge is 0.322 e. The summed E-state index contributed by atoms with van der Waals surface area (Å²) in [6, 6.07) is 14.6. The molecule has 2 N–H and O–H groups in total. The number of hydrogen-bond donors (Lipinski definition) is 2. The quantitative estimate of drug-likeness (QED) is 0.621. The monoisotopic (exact) mass is 496 g/mol. The van der Waals surface area contributed by atoms with E-state index >= 15 is 0 Å². The number of benzene rings is 2. The van der Waals surface area contributed by atoms with E-state index in [9.17, 15) is 14.4 Å². The number of hydrogen-bond acceptors (Lipinski definition) is 5. The molecule has 3 aliphatic heterocycles. The van der Waals surface area contributed by atoms with Crippen molar-refractivity contribution in [2.75, 3.05) is 44.3 Å². The second-order valence-corrected chi connectivity index (χ2v) is 9.77. The van der Waals surface area contributed by atoms with Crippen molar-refractivity contribution in [2.45, 2.75) is 24.8 Å². The van der Waals surface area contributed by atoms with Crippen LogP contribution in [0.2, 0.25) is 5.02 Å². The number of urea groups is 1. The van der Waals surface area contributed by atoms with Crippen LogP contribution in [0.1, 0.15) is 28.8 Å². The second-order valence-electron chi connectivity index (χ2n) is 9.36. The van der Waals surface area contributed by atoms with Crippen molar-refractivity contribution in [1.29, 1.82) is 0 Å². The predicted octanol–water partition coefficient (Wildman–Crippen LogP) is 2.85. The van der Waals surface area contributed by atoms with Gasteiger partial charge in [-0.3, -0.25) is 14.9 Å². The van der Waals surface area contributed by atoms with Gasteiger partial charge in [0.1, 0.15) is 5.54 Å². The fraction of sp³-hybridized carbons (Fsp3) is 0.423. The van der Waals surface area contributed by atoms with Gasteiger partial charge in [0.2, 0.25) is 0 Å². The van der Waals surface area contributed by atoms with E-state index in [1.807, 2.05) is 47.4 Å². The molecule has 4 amide bonds. The predicted molar refractivity (Wildman–Crippen MR) is 133 cm³/mol. The lowest BCUT2D eigenvalue weighted by Crippen LogP contribution is -2.58. The van der Waals surface area contributed by atoms with E-state index in [0.717, 1.165) is 24.3 Å². The Hall–Kier alpha value is -3.10. The highest BCUT2D eigenvalue weighted by Gasteiger charge is 2.52. The molecule has 35 heavy (non-hydrogen) atoms. The third-order valence-electron chi connectivity index (χ3n) is 7.37. The number of imide groups is 1. The van der Waals surface area contributed by atoms with Gasteiger partial charge < -0.3 is 19.9 Å². The summed E-state index contributed by atoms with van der Waals surface area (Å²) in [4.78, 5) is 42.4. The van der Waals surface area contributed by atoms with Gasteiger partial charge in [-0.05, 0) is 54.7 Å². The van der Waals surface area contributed by atoms with Crippen molar-refractivity contribution < 1.29 is 19.1 Å². The zero-order chi connectivity index (χ0) is 24.4. The van der Waals surface area contributed by atoms with Crippen LogP contribution >= 0.6 is 11.6 Å². The lowest BCUT2D eigenvalue weighted by molar-refractivity contribution is -0.126. The average molecular weight is 497 g/mol. The number of ether oxygens (including phenoxy) is 1. The van der Waals surface area contributed by atoms with Gasteiger partial charge in [0.25, 0.3) is 11.8 Å². The Labute approximate surface area is 209 Å². The summed E-state index contributed by atoms with van der Waals surface area (Å²) in [6.45, 7) is 4.16. The van der Waals surface area contributed by atoms with Crippen LogP contribution in [0, 0.1) is 5.92 Å². The van der Waals surface area contributed by atoms with Crippen LogP contribution in [0.5, 0.6) is 0 Å². The van der Waals surface area contributed by atoms with E-state index in [4.69, 9.17) is 16.3 Å². The van der Waals surface area contributed by atoms with Crippen LogP contribution in [0.4, 0.5) is 10.5 Å². The minimum Gasteiger partial charge on any atom is -0.378 e. The van der Waals surface area contributed by atoms with E-state index in [-0.39, 0.29) is 17.7 Å². The number of nitrogens with one attached hydrogen (secondary N) is 2. The summed E-state index contributed by atoms with van der Waals surface area (Å²) >= 11 is 6.37. The van der Waals surface area contributed by atoms with Gasteiger partial charge in [0.15, 0.2) is 0 Å². The molecule has 1 unspecified atom stereocenters. The maximum absolute atomic E-state index is 13.2. The molecule has 3 aliphatic rings. The van der Waals surface area contributed by atoms with Crippen LogP contribution in [0.3, 0.4) is 0 Å². The molecule has 5 rings (SSSR count). The van der Waals surface area contributed by atoms with Crippen LogP contribution in [-0.4, -0.2) is 67.7 Å². The van der Waals surface area contributed by atoms with Crippen LogP contribution in [0.25, 0.3) is 0 Å². The molecule has 3 heterocycles. The van der Waals surface area contributed by atoms with Crippen LogP contribution in [0.15, 0.2) is 48.5 Å². The molecule has 0 aromatic heterocycles. The first kappa shape index (κ1) is 23.6. The number of likely N-dealkylation sites (tertiary alicyclic amines) is 1. The number of nitrogens with zero attached hydrogens (tertiary/aromatic N) is 2. The first-order valence-electron chi connectivity index (χ1n) is 12.1. The maximum Gasteiger partial charge on any atom is 0.322 e. The number of anilines is 1. The van der Waals surface area contributed by atoms with Crippen molar-refractivity contribution in [3.63, 3.8) is 0 Å². The second kappa shape index (κ2) is 9.87. The molecule has 3 saturated heterocycles. The van der Waals surface area contributed by atoms with Crippen molar-refractivity contribution in [3.05, 3.63) is 64.7 Å². The van der Waals surface area contributed by atoms with E-state index < -0.39 is 11.6 Å². The minimum atomic E-state index is -1.07. The molecule has 0 spiro atoms. The molecule has 9 heteroatoms. The van der Waals surface area contributed by atoms with Gasteiger partial charge in [0, 0.05) is 48.9 Å². The number of carbonyl (C=O) groups is 3. The molecule has 0 bridgehead atoms. The van der Waals surface area contributed by atoms with Crippen molar-refractivity contribution in [1.82, 2.24) is 15.5 Å². The maximum atomic E-state index is 13.2. The molecule has 8 nitrogen and oxygen atoms in total. The fourth-order valence-corrected chi connectivity index (χ4v) is 5.60. The standard InChI is InChI=1S/C26H29ClN4O4/c27-22-4-2-1-3-19(22)17-26(24(33)28-25(34)29-26)20-9-11-31(12-10-20)23(32)18-5-7-21(8-6-18)30-13-15-35-16-14-30/h1-8,20H,9-17H2,(H2,28,29,33,34). The van der Waals surface area contributed by atoms with Crippen molar-refractivity contribution >= 4 is 35.1 Å². The minimum absolute atomic E-state index is 0.0166. The molecular formula is C26H29ClN4O4. The first-order valence-corrected chi connectivity index (χ1v) is 12.4. The van der Waals surface area contributed by atoms with Crippen molar-refractivity contribution in [3.8, 4) is 0 Å². The number of carbonyl (C=O) groups excluding carboxylic acids is 3.